The SMILES string of the molecule is COc1cc(/C=C/C(=O)NCCc2ccc(O)cc2)cc2c1O[C@H](c1ccc(O)c(O)c1)[C@H]2C(=O)NCCc1ccc(O)cc1. The van der Waals surface area contributed by atoms with Crippen molar-refractivity contribution in [2.24, 2.45) is 0 Å². The van der Waals surface area contributed by atoms with Gasteiger partial charge in [-0.1, -0.05) is 30.3 Å². The molecule has 0 saturated carbocycles. The minimum absolute atomic E-state index is 0.160. The summed E-state index contributed by atoms with van der Waals surface area (Å²) in [6, 6.07) is 21.3. The zero-order chi connectivity index (χ0) is 31.9. The fourth-order valence-electron chi connectivity index (χ4n) is 5.19. The van der Waals surface area contributed by atoms with E-state index in [1.807, 2.05) is 0 Å². The molecule has 0 aromatic heterocycles. The van der Waals surface area contributed by atoms with Gasteiger partial charge < -0.3 is 40.5 Å². The van der Waals surface area contributed by atoms with Crippen molar-refractivity contribution in [1.29, 1.82) is 0 Å². The summed E-state index contributed by atoms with van der Waals surface area (Å²) < 4.78 is 11.9. The summed E-state index contributed by atoms with van der Waals surface area (Å²) in [7, 11) is 1.48. The molecular weight excluding hydrogens is 576 g/mol. The molecule has 0 radical (unpaired) electrons. The van der Waals surface area contributed by atoms with Gasteiger partial charge in [-0.3, -0.25) is 9.59 Å². The molecule has 232 valence electrons. The second kappa shape index (κ2) is 13.8. The Morgan fingerprint density at radius 1 is 0.800 bits per heavy atom. The minimum Gasteiger partial charge on any atom is -0.508 e. The summed E-state index contributed by atoms with van der Waals surface area (Å²) >= 11 is 0. The van der Waals surface area contributed by atoms with Gasteiger partial charge in [0.05, 0.1) is 7.11 Å². The molecule has 0 saturated heterocycles. The number of benzene rings is 4. The number of methoxy groups -OCH3 is 1. The molecule has 0 bridgehead atoms. The average molecular weight is 611 g/mol. The molecule has 0 fully saturated rings. The highest BCUT2D eigenvalue weighted by Gasteiger charge is 2.42. The van der Waals surface area contributed by atoms with Crippen molar-refractivity contribution in [2.75, 3.05) is 20.2 Å². The Bertz CT molecular complexity index is 1700. The Morgan fingerprint density at radius 3 is 2.02 bits per heavy atom. The van der Waals surface area contributed by atoms with Gasteiger partial charge >= 0.3 is 0 Å². The van der Waals surface area contributed by atoms with Crippen molar-refractivity contribution in [3.8, 4) is 34.5 Å². The molecule has 2 amide bonds. The third-order valence-electron chi connectivity index (χ3n) is 7.54. The lowest BCUT2D eigenvalue weighted by atomic mass is 9.89. The van der Waals surface area contributed by atoms with E-state index in [0.717, 1.165) is 11.1 Å². The number of amides is 2. The quantitative estimate of drug-likeness (QED) is 0.107. The molecule has 4 aromatic carbocycles. The fourth-order valence-corrected chi connectivity index (χ4v) is 5.19. The lowest BCUT2D eigenvalue weighted by molar-refractivity contribution is -0.124. The number of phenols is 4. The van der Waals surface area contributed by atoms with Crippen molar-refractivity contribution < 1.29 is 39.5 Å². The van der Waals surface area contributed by atoms with Gasteiger partial charge in [0.2, 0.25) is 11.8 Å². The summed E-state index contributed by atoms with van der Waals surface area (Å²) in [5.41, 5.74) is 3.55. The van der Waals surface area contributed by atoms with E-state index in [1.165, 1.54) is 25.3 Å². The maximum absolute atomic E-state index is 13.7. The molecule has 1 aliphatic heterocycles. The summed E-state index contributed by atoms with van der Waals surface area (Å²) in [4.78, 5) is 26.3. The molecule has 1 aliphatic rings. The molecule has 0 spiro atoms. The Hall–Kier alpha value is -5.64. The Labute approximate surface area is 260 Å². The van der Waals surface area contributed by atoms with Crippen LogP contribution in [0.4, 0.5) is 0 Å². The molecule has 2 atom stereocenters. The molecule has 0 unspecified atom stereocenters. The number of nitrogens with one attached hydrogen (secondary N) is 2. The monoisotopic (exact) mass is 610 g/mol. The van der Waals surface area contributed by atoms with Crippen LogP contribution in [0.3, 0.4) is 0 Å². The first-order valence-electron chi connectivity index (χ1n) is 14.4. The Kier molecular flexibility index (Phi) is 9.43. The number of aromatic hydroxyl groups is 4. The molecule has 45 heavy (non-hydrogen) atoms. The number of carbonyl (C=O) groups is 2. The fraction of sp³-hybridized carbons (Fsp3) is 0.200. The predicted octanol–water partition coefficient (Wildman–Crippen LogP) is 4.47. The van der Waals surface area contributed by atoms with Gasteiger partial charge in [0.1, 0.15) is 23.5 Å². The van der Waals surface area contributed by atoms with Crippen LogP contribution in [0, 0.1) is 0 Å². The van der Waals surface area contributed by atoms with Gasteiger partial charge in [-0.05, 0) is 89.7 Å². The van der Waals surface area contributed by atoms with Crippen LogP contribution in [0.2, 0.25) is 0 Å². The molecule has 10 nitrogen and oxygen atoms in total. The van der Waals surface area contributed by atoms with Crippen LogP contribution < -0.4 is 20.1 Å². The van der Waals surface area contributed by atoms with E-state index >= 15 is 0 Å². The average Bonchev–Trinajstić information content (AvgIpc) is 3.42. The van der Waals surface area contributed by atoms with E-state index in [4.69, 9.17) is 9.47 Å². The van der Waals surface area contributed by atoms with E-state index in [-0.39, 0.29) is 34.8 Å². The van der Waals surface area contributed by atoms with Gasteiger partial charge in [-0.2, -0.15) is 0 Å². The van der Waals surface area contributed by atoms with Crippen LogP contribution in [0.1, 0.15) is 39.8 Å². The smallest absolute Gasteiger partial charge is 0.244 e. The highest BCUT2D eigenvalue weighted by atomic mass is 16.5. The molecule has 5 rings (SSSR count). The number of ether oxygens (including phenoxy) is 2. The van der Waals surface area contributed by atoms with Crippen LogP contribution in [-0.2, 0) is 22.4 Å². The van der Waals surface area contributed by atoms with Gasteiger partial charge in [0.25, 0.3) is 0 Å². The van der Waals surface area contributed by atoms with Crippen molar-refractivity contribution in [1.82, 2.24) is 10.6 Å². The maximum Gasteiger partial charge on any atom is 0.244 e. The lowest BCUT2D eigenvalue weighted by Crippen LogP contribution is -2.33. The number of fused-ring (bicyclic) bond motifs is 1. The molecule has 0 aliphatic carbocycles. The van der Waals surface area contributed by atoms with Crippen LogP contribution in [-0.4, -0.2) is 52.4 Å². The van der Waals surface area contributed by atoms with Crippen LogP contribution in [0.25, 0.3) is 6.08 Å². The zero-order valence-electron chi connectivity index (χ0n) is 24.6. The minimum atomic E-state index is -0.842. The van der Waals surface area contributed by atoms with Crippen molar-refractivity contribution in [3.05, 3.63) is 113 Å². The number of phenolic OH excluding ortho intramolecular Hbond substituents is 4. The zero-order valence-corrected chi connectivity index (χ0v) is 24.6. The molecule has 1 heterocycles. The van der Waals surface area contributed by atoms with Crippen molar-refractivity contribution in [2.45, 2.75) is 24.9 Å². The lowest BCUT2D eigenvalue weighted by Gasteiger charge is -2.20. The van der Waals surface area contributed by atoms with E-state index in [9.17, 15) is 30.0 Å². The van der Waals surface area contributed by atoms with Crippen LogP contribution in [0.5, 0.6) is 34.5 Å². The summed E-state index contributed by atoms with van der Waals surface area (Å²) in [5.74, 6) is -1.02. The highest BCUT2D eigenvalue weighted by molar-refractivity contribution is 5.92. The number of hydrogen-bond donors (Lipinski definition) is 6. The summed E-state index contributed by atoms with van der Waals surface area (Å²) in [5, 5.41) is 44.8. The number of hydrogen-bond acceptors (Lipinski definition) is 8. The predicted molar refractivity (Wildman–Crippen MR) is 168 cm³/mol. The van der Waals surface area contributed by atoms with Crippen LogP contribution >= 0.6 is 0 Å². The topological polar surface area (TPSA) is 158 Å². The van der Waals surface area contributed by atoms with Gasteiger partial charge in [-0.25, -0.2) is 0 Å². The summed E-state index contributed by atoms with van der Waals surface area (Å²) in [6.45, 7) is 0.729. The molecule has 6 N–H and O–H groups in total. The maximum atomic E-state index is 13.7. The van der Waals surface area contributed by atoms with E-state index < -0.39 is 12.0 Å². The third kappa shape index (κ3) is 7.48. The first-order chi connectivity index (χ1) is 21.7. The van der Waals surface area contributed by atoms with Gasteiger partial charge in [0.15, 0.2) is 23.0 Å². The first-order valence-corrected chi connectivity index (χ1v) is 14.4. The standard InChI is InChI=1S/C35H34N2O8/c1-44-30-19-23(6-13-31(42)36-16-14-21-2-8-25(38)9-3-21)18-27-32(35(43)37-17-15-22-4-10-26(39)11-5-22)33(45-34(27)30)24-7-12-28(40)29(41)20-24/h2-13,18-20,32-33,38-41H,14-17H2,1H3,(H,36,42)(H,37,43)/b13-6+/t32-,33+/m0/s1. The van der Waals surface area contributed by atoms with E-state index in [2.05, 4.69) is 10.6 Å². The Morgan fingerprint density at radius 2 is 1.42 bits per heavy atom. The largest absolute Gasteiger partial charge is 0.508 e. The van der Waals surface area contributed by atoms with E-state index in [1.54, 1.807) is 72.8 Å². The van der Waals surface area contributed by atoms with E-state index in [0.29, 0.717) is 54.1 Å². The number of rotatable bonds is 11. The number of carbonyl (C=O) groups excluding carboxylic acids is 2. The second-order valence-electron chi connectivity index (χ2n) is 10.7. The van der Waals surface area contributed by atoms with Gasteiger partial charge in [0, 0.05) is 24.7 Å². The van der Waals surface area contributed by atoms with Crippen LogP contribution in [0.15, 0.2) is 84.9 Å². The first kappa shape index (κ1) is 30.8. The third-order valence-corrected chi connectivity index (χ3v) is 7.54. The van der Waals surface area contributed by atoms with Crippen molar-refractivity contribution in [3.63, 3.8) is 0 Å². The highest BCUT2D eigenvalue weighted by Crippen LogP contribution is 2.51. The second-order valence-corrected chi connectivity index (χ2v) is 10.7. The molecular formula is C35H34N2O8. The summed E-state index contributed by atoms with van der Waals surface area (Å²) in [6.07, 6.45) is 3.32. The molecule has 10 heteroatoms. The van der Waals surface area contributed by atoms with Crippen molar-refractivity contribution >= 4 is 17.9 Å². The normalized spacial score (nSPS) is 15.3. The Balaban J connectivity index is 1.35. The molecule has 4 aromatic rings. The van der Waals surface area contributed by atoms with Gasteiger partial charge in [-0.15, -0.1) is 0 Å².